The largest absolute Gasteiger partial charge is 0.379 e. The maximum absolute atomic E-state index is 14.3. The summed E-state index contributed by atoms with van der Waals surface area (Å²) in [5.41, 5.74) is -0.307. The van der Waals surface area contributed by atoms with Crippen LogP contribution in [-0.2, 0) is 20.9 Å². The summed E-state index contributed by atoms with van der Waals surface area (Å²) in [4.78, 5) is 39.3. The minimum atomic E-state index is -0.752. The molecule has 2 aromatic rings. The highest BCUT2D eigenvalue weighted by Crippen LogP contribution is 2.19. The lowest BCUT2D eigenvalue weighted by molar-refractivity contribution is -0.118. The number of aromatic nitrogens is 1. The Bertz CT molecular complexity index is 1400. The number of anilines is 2. The maximum atomic E-state index is 14.3. The molecule has 1 aromatic carbocycles. The molecule has 13 heteroatoms. The molecular formula is C23H24FN7O4S. The van der Waals surface area contributed by atoms with Crippen LogP contribution >= 0.6 is 11.3 Å². The smallest absolute Gasteiger partial charge is 0.270 e. The molecule has 188 valence electrons. The lowest BCUT2D eigenvalue weighted by atomic mass is 10.2. The number of nitrogens with zero attached hydrogens (tertiary/aromatic N) is 4. The zero-order valence-corrected chi connectivity index (χ0v) is 20.3. The number of carbonyl (C=O) groups excluding carboxylic acids is 2. The molecule has 0 bridgehead atoms. The van der Waals surface area contributed by atoms with E-state index in [1.807, 2.05) is 4.90 Å². The first kappa shape index (κ1) is 26.6. The van der Waals surface area contributed by atoms with Crippen LogP contribution in [0.3, 0.4) is 0 Å². The number of nitrogens with one attached hydrogen (secondary N) is 3. The van der Waals surface area contributed by atoms with Gasteiger partial charge in [0.15, 0.2) is 5.57 Å². The van der Waals surface area contributed by atoms with Gasteiger partial charge >= 0.3 is 0 Å². The number of hydrogen-bond donors (Lipinski definition) is 3. The van der Waals surface area contributed by atoms with Gasteiger partial charge in [-0.1, -0.05) is 0 Å². The van der Waals surface area contributed by atoms with E-state index >= 15 is 0 Å². The third-order valence-electron chi connectivity index (χ3n) is 5.19. The van der Waals surface area contributed by atoms with Gasteiger partial charge in [0.25, 0.3) is 11.5 Å². The molecule has 1 aromatic heterocycles. The number of carbonyl (C=O) groups is 2. The van der Waals surface area contributed by atoms with Gasteiger partial charge in [0.05, 0.1) is 31.5 Å². The lowest BCUT2D eigenvalue weighted by Gasteiger charge is -2.25. The van der Waals surface area contributed by atoms with Crippen molar-refractivity contribution in [2.45, 2.75) is 13.5 Å². The van der Waals surface area contributed by atoms with E-state index < -0.39 is 17.3 Å². The summed E-state index contributed by atoms with van der Waals surface area (Å²) in [5, 5.41) is 25.9. The Balaban J connectivity index is 1.84. The number of ether oxygens (including phenoxy) is 1. The van der Waals surface area contributed by atoms with E-state index in [0.29, 0.717) is 32.0 Å². The number of thiazole rings is 1. The molecule has 36 heavy (non-hydrogen) atoms. The monoisotopic (exact) mass is 513 g/mol. The highest BCUT2D eigenvalue weighted by Gasteiger charge is 2.16. The van der Waals surface area contributed by atoms with Crippen LogP contribution in [0.4, 0.5) is 15.8 Å². The van der Waals surface area contributed by atoms with Crippen LogP contribution in [0.25, 0.3) is 11.8 Å². The van der Waals surface area contributed by atoms with Gasteiger partial charge in [0.1, 0.15) is 27.6 Å². The molecule has 1 aliphatic rings. The minimum Gasteiger partial charge on any atom is -0.379 e. The zero-order valence-electron chi connectivity index (χ0n) is 19.5. The van der Waals surface area contributed by atoms with E-state index in [1.54, 1.807) is 19.1 Å². The van der Waals surface area contributed by atoms with Crippen LogP contribution in [0.2, 0.25) is 0 Å². The van der Waals surface area contributed by atoms with E-state index in [2.05, 4.69) is 16.0 Å². The Morgan fingerprint density at radius 1 is 1.28 bits per heavy atom. The number of halogens is 1. The third kappa shape index (κ3) is 6.55. The number of hydrogen-bond acceptors (Lipinski definition) is 9. The maximum Gasteiger partial charge on any atom is 0.270 e. The predicted molar refractivity (Wildman–Crippen MR) is 132 cm³/mol. The standard InChI is InChI=1S/C23H24FN7O4S/c1-2-31-22(34)19(36-23(31)16(12-26)21(33)27-6-5-25)13-28-15-3-4-17(24)18(11-15)29-20(32)14-30-7-9-35-10-8-30/h3-4,11,13,28H,2,6-10,14H2,1H3,(H,27,33)(H,29,32)/b19-13+,23-16-. The van der Waals surface area contributed by atoms with Gasteiger partial charge in [-0.2, -0.15) is 10.5 Å². The average molecular weight is 514 g/mol. The van der Waals surface area contributed by atoms with Crippen LogP contribution < -0.4 is 30.7 Å². The molecule has 0 radical (unpaired) electrons. The van der Waals surface area contributed by atoms with Crippen molar-refractivity contribution in [2.75, 3.05) is 50.0 Å². The summed E-state index contributed by atoms with van der Waals surface area (Å²) < 4.78 is 21.2. The van der Waals surface area contributed by atoms with Crippen LogP contribution in [0.1, 0.15) is 6.92 Å². The molecule has 11 nitrogen and oxygen atoms in total. The fraction of sp³-hybridized carbons (Fsp3) is 0.348. The first-order valence-electron chi connectivity index (χ1n) is 11.0. The molecule has 2 heterocycles. The second-order valence-corrected chi connectivity index (χ2v) is 8.60. The number of nitriles is 2. The lowest BCUT2D eigenvalue weighted by Crippen LogP contribution is -2.41. The topological polar surface area (TPSA) is 152 Å². The van der Waals surface area contributed by atoms with Crippen LogP contribution in [0.15, 0.2) is 23.0 Å². The average Bonchev–Trinajstić information content (AvgIpc) is 3.18. The second-order valence-electron chi connectivity index (χ2n) is 7.57. The Kier molecular flexibility index (Phi) is 9.30. The first-order valence-corrected chi connectivity index (χ1v) is 11.8. The Morgan fingerprint density at radius 2 is 2.03 bits per heavy atom. The van der Waals surface area contributed by atoms with Crippen LogP contribution in [0.5, 0.6) is 0 Å². The van der Waals surface area contributed by atoms with Gasteiger partial charge in [0, 0.05) is 31.5 Å². The molecule has 1 fully saturated rings. The number of morpholine rings is 1. The summed E-state index contributed by atoms with van der Waals surface area (Å²) in [6.45, 7) is 4.07. The Labute approximate surface area is 209 Å². The molecule has 1 saturated heterocycles. The first-order chi connectivity index (χ1) is 17.4. The molecule has 1 aliphatic heterocycles. The summed E-state index contributed by atoms with van der Waals surface area (Å²) in [6, 6.07) is 7.58. The van der Waals surface area contributed by atoms with Crippen molar-refractivity contribution in [2.24, 2.45) is 0 Å². The summed E-state index contributed by atoms with van der Waals surface area (Å²) in [7, 11) is 0. The summed E-state index contributed by atoms with van der Waals surface area (Å²) in [5.74, 6) is -1.72. The van der Waals surface area contributed by atoms with Gasteiger partial charge in [0.2, 0.25) is 5.91 Å². The molecule has 2 amide bonds. The van der Waals surface area contributed by atoms with E-state index in [4.69, 9.17) is 10.00 Å². The molecule has 0 aliphatic carbocycles. The van der Waals surface area contributed by atoms with Crippen LogP contribution in [0, 0.1) is 28.5 Å². The fourth-order valence-corrected chi connectivity index (χ4v) is 4.49. The third-order valence-corrected chi connectivity index (χ3v) is 6.32. The minimum absolute atomic E-state index is 0.0150. The molecule has 0 spiro atoms. The molecule has 3 rings (SSSR count). The van der Waals surface area contributed by atoms with Gasteiger partial charge in [-0.05, 0) is 25.1 Å². The zero-order chi connectivity index (χ0) is 26.1. The van der Waals surface area contributed by atoms with E-state index in [9.17, 15) is 24.0 Å². The number of benzene rings is 1. The van der Waals surface area contributed by atoms with Crippen molar-refractivity contribution < 1.29 is 18.7 Å². The quantitative estimate of drug-likeness (QED) is 0.400. The normalized spacial score (nSPS) is 14.9. The van der Waals surface area contributed by atoms with E-state index in [1.165, 1.54) is 29.0 Å². The Morgan fingerprint density at radius 3 is 2.69 bits per heavy atom. The van der Waals surface area contributed by atoms with Crippen molar-refractivity contribution in [1.82, 2.24) is 14.8 Å². The SMILES string of the molecule is CCn1c(=O)/c(=C\Nc2ccc(F)c(NC(=O)CN3CCOCC3)c2)s/c1=C(/C#N)C(=O)NCC#N. The molecule has 3 N–H and O–H groups in total. The molecule has 0 atom stereocenters. The van der Waals surface area contributed by atoms with Crippen molar-refractivity contribution >= 4 is 46.3 Å². The van der Waals surface area contributed by atoms with Crippen molar-refractivity contribution in [3.8, 4) is 12.1 Å². The van der Waals surface area contributed by atoms with Gasteiger partial charge in [-0.15, -0.1) is 11.3 Å². The fourth-order valence-electron chi connectivity index (χ4n) is 3.41. The molecule has 0 saturated carbocycles. The van der Waals surface area contributed by atoms with Crippen molar-refractivity contribution in [3.05, 3.63) is 43.6 Å². The van der Waals surface area contributed by atoms with E-state index in [0.717, 1.165) is 11.3 Å². The van der Waals surface area contributed by atoms with Crippen molar-refractivity contribution in [1.29, 1.82) is 10.5 Å². The van der Waals surface area contributed by atoms with E-state index in [-0.39, 0.29) is 46.0 Å². The predicted octanol–water partition coefficient (Wildman–Crippen LogP) is -0.496. The highest BCUT2D eigenvalue weighted by molar-refractivity contribution is 7.07. The van der Waals surface area contributed by atoms with Crippen LogP contribution in [-0.4, -0.2) is 60.7 Å². The van der Waals surface area contributed by atoms with Crippen molar-refractivity contribution in [3.63, 3.8) is 0 Å². The Hall–Kier alpha value is -4.04. The summed E-state index contributed by atoms with van der Waals surface area (Å²) in [6.07, 6.45) is 1.39. The second kappa shape index (κ2) is 12.6. The molecular weight excluding hydrogens is 489 g/mol. The summed E-state index contributed by atoms with van der Waals surface area (Å²) >= 11 is 0.931. The highest BCUT2D eigenvalue weighted by atomic mass is 32.1. The van der Waals surface area contributed by atoms with Gasteiger partial charge < -0.3 is 20.7 Å². The molecule has 0 unspecified atom stereocenters. The number of amides is 2. The van der Waals surface area contributed by atoms with Gasteiger partial charge in [-0.3, -0.25) is 23.9 Å². The number of rotatable bonds is 8. The van der Waals surface area contributed by atoms with Gasteiger partial charge in [-0.25, -0.2) is 4.39 Å².